The fourth-order valence-corrected chi connectivity index (χ4v) is 2.72. The van der Waals surface area contributed by atoms with Gasteiger partial charge in [-0.3, -0.25) is 0 Å². The standard InChI is InChI=1S/C15H23BrFN/c1-3-5-6-12(4-2)15(18)10-11-7-8-14(17)13(16)9-11/h7-9,12,15H,3-6,10,18H2,1-2H3. The average molecular weight is 316 g/mol. The topological polar surface area (TPSA) is 26.0 Å². The van der Waals surface area contributed by atoms with E-state index in [0.717, 1.165) is 18.4 Å². The van der Waals surface area contributed by atoms with Gasteiger partial charge in [0.15, 0.2) is 0 Å². The molecule has 0 bridgehead atoms. The third-order valence-electron chi connectivity index (χ3n) is 3.51. The highest BCUT2D eigenvalue weighted by molar-refractivity contribution is 9.10. The van der Waals surface area contributed by atoms with Gasteiger partial charge in [0.05, 0.1) is 4.47 Å². The zero-order valence-electron chi connectivity index (χ0n) is 11.3. The highest BCUT2D eigenvalue weighted by Crippen LogP contribution is 2.21. The van der Waals surface area contributed by atoms with Crippen LogP contribution in [0.15, 0.2) is 22.7 Å². The summed E-state index contributed by atoms with van der Waals surface area (Å²) in [4.78, 5) is 0. The van der Waals surface area contributed by atoms with E-state index in [9.17, 15) is 4.39 Å². The second kappa shape index (κ2) is 7.90. The highest BCUT2D eigenvalue weighted by Gasteiger charge is 2.16. The summed E-state index contributed by atoms with van der Waals surface area (Å²) in [6.07, 6.45) is 5.58. The minimum atomic E-state index is -0.217. The van der Waals surface area contributed by atoms with Crippen LogP contribution in [0.3, 0.4) is 0 Å². The number of nitrogens with two attached hydrogens (primary N) is 1. The van der Waals surface area contributed by atoms with Crippen molar-refractivity contribution in [1.29, 1.82) is 0 Å². The molecule has 1 aromatic carbocycles. The van der Waals surface area contributed by atoms with E-state index in [1.54, 1.807) is 0 Å². The number of benzene rings is 1. The van der Waals surface area contributed by atoms with Gasteiger partial charge in [-0.05, 0) is 52.4 Å². The second-order valence-corrected chi connectivity index (χ2v) is 5.78. The normalized spacial score (nSPS) is 14.5. The summed E-state index contributed by atoms with van der Waals surface area (Å²) < 4.78 is 13.7. The first-order chi connectivity index (χ1) is 8.58. The predicted octanol–water partition coefficient (Wildman–Crippen LogP) is 4.67. The Morgan fingerprint density at radius 1 is 1.33 bits per heavy atom. The largest absolute Gasteiger partial charge is 0.327 e. The summed E-state index contributed by atoms with van der Waals surface area (Å²) in [5, 5.41) is 0. The SMILES string of the molecule is CCCCC(CC)C(N)Cc1ccc(F)c(Br)c1. The van der Waals surface area contributed by atoms with E-state index in [0.29, 0.717) is 10.4 Å². The number of halogens is 2. The van der Waals surface area contributed by atoms with Crippen molar-refractivity contribution in [2.75, 3.05) is 0 Å². The fraction of sp³-hybridized carbons (Fsp3) is 0.600. The van der Waals surface area contributed by atoms with Crippen molar-refractivity contribution < 1.29 is 4.39 Å². The van der Waals surface area contributed by atoms with Gasteiger partial charge < -0.3 is 5.73 Å². The van der Waals surface area contributed by atoms with Gasteiger partial charge in [-0.1, -0.05) is 39.2 Å². The molecule has 102 valence electrons. The Morgan fingerprint density at radius 2 is 2.06 bits per heavy atom. The quantitative estimate of drug-likeness (QED) is 0.777. The van der Waals surface area contributed by atoms with E-state index in [2.05, 4.69) is 29.8 Å². The number of hydrogen-bond donors (Lipinski definition) is 1. The van der Waals surface area contributed by atoms with Crippen molar-refractivity contribution in [2.45, 2.75) is 52.0 Å². The number of unbranched alkanes of at least 4 members (excludes halogenated alkanes) is 1. The van der Waals surface area contributed by atoms with Crippen LogP contribution in [0, 0.1) is 11.7 Å². The molecule has 0 aliphatic heterocycles. The number of rotatable bonds is 7. The third-order valence-corrected chi connectivity index (χ3v) is 4.12. The Balaban J connectivity index is 2.61. The smallest absolute Gasteiger partial charge is 0.137 e. The zero-order valence-corrected chi connectivity index (χ0v) is 12.8. The molecule has 0 heterocycles. The molecule has 1 rings (SSSR count). The molecular weight excluding hydrogens is 293 g/mol. The fourth-order valence-electron chi connectivity index (χ4n) is 2.29. The Kier molecular flexibility index (Phi) is 6.87. The van der Waals surface area contributed by atoms with Gasteiger partial charge in [0.2, 0.25) is 0 Å². The average Bonchev–Trinajstić information content (AvgIpc) is 2.35. The van der Waals surface area contributed by atoms with Crippen molar-refractivity contribution in [1.82, 2.24) is 0 Å². The molecule has 3 heteroatoms. The zero-order chi connectivity index (χ0) is 13.5. The second-order valence-electron chi connectivity index (χ2n) is 4.93. The first-order valence-electron chi connectivity index (χ1n) is 6.78. The van der Waals surface area contributed by atoms with E-state index in [-0.39, 0.29) is 11.9 Å². The van der Waals surface area contributed by atoms with Gasteiger partial charge in [-0.15, -0.1) is 0 Å². The molecule has 0 fully saturated rings. The summed E-state index contributed by atoms with van der Waals surface area (Å²) in [5.74, 6) is 0.346. The lowest BCUT2D eigenvalue weighted by Crippen LogP contribution is -2.32. The molecule has 18 heavy (non-hydrogen) atoms. The molecule has 0 aliphatic rings. The van der Waals surface area contributed by atoms with Gasteiger partial charge in [0.1, 0.15) is 5.82 Å². The molecule has 2 unspecified atom stereocenters. The van der Waals surface area contributed by atoms with Crippen molar-refractivity contribution in [2.24, 2.45) is 11.7 Å². The van der Waals surface area contributed by atoms with Crippen LogP contribution in [0.4, 0.5) is 4.39 Å². The molecule has 0 saturated heterocycles. The van der Waals surface area contributed by atoms with E-state index in [4.69, 9.17) is 5.73 Å². The van der Waals surface area contributed by atoms with E-state index >= 15 is 0 Å². The van der Waals surface area contributed by atoms with Crippen LogP contribution in [-0.2, 0) is 6.42 Å². The summed E-state index contributed by atoms with van der Waals surface area (Å²) in [6.45, 7) is 4.40. The van der Waals surface area contributed by atoms with Gasteiger partial charge >= 0.3 is 0 Å². The lowest BCUT2D eigenvalue weighted by molar-refractivity contribution is 0.368. The molecule has 1 aromatic rings. The minimum Gasteiger partial charge on any atom is -0.327 e. The van der Waals surface area contributed by atoms with E-state index < -0.39 is 0 Å². The molecule has 0 aliphatic carbocycles. The maximum Gasteiger partial charge on any atom is 0.137 e. The monoisotopic (exact) mass is 315 g/mol. The van der Waals surface area contributed by atoms with Crippen molar-refractivity contribution >= 4 is 15.9 Å². The Bertz CT molecular complexity index is 368. The third kappa shape index (κ3) is 4.69. The van der Waals surface area contributed by atoms with Crippen LogP contribution >= 0.6 is 15.9 Å². The Labute approximate surface area is 118 Å². The van der Waals surface area contributed by atoms with Crippen LogP contribution in [0.2, 0.25) is 0 Å². The summed E-state index contributed by atoms with van der Waals surface area (Å²) in [7, 11) is 0. The first-order valence-corrected chi connectivity index (χ1v) is 7.57. The molecule has 0 spiro atoms. The predicted molar refractivity (Wildman–Crippen MR) is 79.1 cm³/mol. The number of hydrogen-bond acceptors (Lipinski definition) is 1. The Morgan fingerprint density at radius 3 is 2.61 bits per heavy atom. The maximum atomic E-state index is 13.1. The molecular formula is C15H23BrFN. The van der Waals surface area contributed by atoms with Crippen LogP contribution < -0.4 is 5.73 Å². The molecule has 2 N–H and O–H groups in total. The molecule has 0 amide bonds. The van der Waals surface area contributed by atoms with Crippen molar-refractivity contribution in [3.63, 3.8) is 0 Å². The van der Waals surface area contributed by atoms with Crippen molar-refractivity contribution in [3.8, 4) is 0 Å². The highest BCUT2D eigenvalue weighted by atomic mass is 79.9. The summed E-state index contributed by atoms with van der Waals surface area (Å²) in [6, 6.07) is 5.33. The van der Waals surface area contributed by atoms with E-state index in [1.807, 2.05) is 12.1 Å². The van der Waals surface area contributed by atoms with Crippen LogP contribution in [0.25, 0.3) is 0 Å². The molecule has 2 atom stereocenters. The van der Waals surface area contributed by atoms with Crippen LogP contribution in [0.5, 0.6) is 0 Å². The molecule has 0 radical (unpaired) electrons. The van der Waals surface area contributed by atoms with Crippen LogP contribution in [-0.4, -0.2) is 6.04 Å². The van der Waals surface area contributed by atoms with Crippen molar-refractivity contribution in [3.05, 3.63) is 34.1 Å². The maximum absolute atomic E-state index is 13.1. The van der Waals surface area contributed by atoms with Gasteiger partial charge in [0.25, 0.3) is 0 Å². The minimum absolute atomic E-state index is 0.166. The van der Waals surface area contributed by atoms with Crippen LogP contribution in [0.1, 0.15) is 45.1 Å². The molecule has 1 nitrogen and oxygen atoms in total. The molecule has 0 saturated carbocycles. The molecule has 0 aromatic heterocycles. The van der Waals surface area contributed by atoms with E-state index in [1.165, 1.54) is 25.3 Å². The van der Waals surface area contributed by atoms with Gasteiger partial charge in [-0.2, -0.15) is 0 Å². The lowest BCUT2D eigenvalue weighted by atomic mass is 9.88. The summed E-state index contributed by atoms with van der Waals surface area (Å²) >= 11 is 3.22. The Hall–Kier alpha value is -0.410. The summed E-state index contributed by atoms with van der Waals surface area (Å²) in [5.41, 5.74) is 7.38. The lowest BCUT2D eigenvalue weighted by Gasteiger charge is -2.22. The van der Waals surface area contributed by atoms with Gasteiger partial charge in [0, 0.05) is 6.04 Å². The van der Waals surface area contributed by atoms with Gasteiger partial charge in [-0.25, -0.2) is 4.39 Å². The first kappa shape index (κ1) is 15.6.